The molecule has 0 aliphatic carbocycles. The predicted molar refractivity (Wildman–Crippen MR) is 108 cm³/mol. The van der Waals surface area contributed by atoms with Crippen molar-refractivity contribution in [1.29, 1.82) is 0 Å². The molecular formula is C24H25N. The van der Waals surface area contributed by atoms with Crippen molar-refractivity contribution in [2.24, 2.45) is 0 Å². The minimum absolute atomic E-state index is 0.905. The second kappa shape index (κ2) is 8.89. The summed E-state index contributed by atoms with van der Waals surface area (Å²) in [4.78, 5) is 2.43. The lowest BCUT2D eigenvalue weighted by Crippen LogP contribution is -2.22. The highest BCUT2D eigenvalue weighted by molar-refractivity contribution is 5.49. The Labute approximate surface area is 151 Å². The van der Waals surface area contributed by atoms with E-state index in [2.05, 4.69) is 96.4 Å². The number of aryl methyl sites for hydroxylation is 1. The number of anilines is 1. The molecule has 0 aliphatic heterocycles. The van der Waals surface area contributed by atoms with Crippen LogP contribution in [0.3, 0.4) is 0 Å². The Morgan fingerprint density at radius 3 is 1.64 bits per heavy atom. The maximum absolute atomic E-state index is 3.81. The largest absolute Gasteiger partial charge is 0.363 e. The molecule has 3 aromatic rings. The molecule has 0 atom stereocenters. The molecule has 0 saturated carbocycles. The van der Waals surface area contributed by atoms with Crippen molar-refractivity contribution in [3.05, 3.63) is 114 Å². The Hall–Kier alpha value is -2.80. The molecular weight excluding hydrogens is 302 g/mol. The van der Waals surface area contributed by atoms with Gasteiger partial charge in [0.15, 0.2) is 0 Å². The molecule has 1 heteroatoms. The highest BCUT2D eigenvalue weighted by atomic mass is 15.1. The van der Waals surface area contributed by atoms with Crippen molar-refractivity contribution in [2.75, 3.05) is 4.90 Å². The summed E-state index contributed by atoms with van der Waals surface area (Å²) in [5.74, 6) is 0. The summed E-state index contributed by atoms with van der Waals surface area (Å²) in [5.41, 5.74) is 5.28. The van der Waals surface area contributed by atoms with Gasteiger partial charge in [0.05, 0.1) is 0 Å². The Morgan fingerprint density at radius 2 is 1.16 bits per heavy atom. The smallest absolute Gasteiger partial charge is 0.0433 e. The van der Waals surface area contributed by atoms with E-state index in [1.165, 1.54) is 22.4 Å². The quantitative estimate of drug-likeness (QED) is 0.458. The van der Waals surface area contributed by atoms with Gasteiger partial charge in [0.2, 0.25) is 0 Å². The van der Waals surface area contributed by atoms with Gasteiger partial charge in [-0.15, -0.1) is 6.58 Å². The highest BCUT2D eigenvalue weighted by Gasteiger charge is 2.08. The zero-order chi connectivity index (χ0) is 17.3. The van der Waals surface area contributed by atoms with E-state index in [0.29, 0.717) is 0 Å². The molecule has 0 radical (unpaired) electrons. The number of hydrogen-bond donors (Lipinski definition) is 0. The molecule has 0 saturated heterocycles. The summed E-state index contributed by atoms with van der Waals surface area (Å²) < 4.78 is 0. The van der Waals surface area contributed by atoms with Crippen LogP contribution in [0.5, 0.6) is 0 Å². The monoisotopic (exact) mass is 327 g/mol. The highest BCUT2D eigenvalue weighted by Crippen LogP contribution is 2.21. The summed E-state index contributed by atoms with van der Waals surface area (Å²) in [6.07, 6.45) is 4.06. The molecule has 0 fully saturated rings. The van der Waals surface area contributed by atoms with Crippen LogP contribution in [0, 0.1) is 0 Å². The first kappa shape index (κ1) is 17.0. The molecule has 0 spiro atoms. The molecule has 126 valence electrons. The SMILES string of the molecule is C=CCCc1ccc(N(Cc2ccccc2)Cc2ccccc2)cc1. The van der Waals surface area contributed by atoms with Gasteiger partial charge >= 0.3 is 0 Å². The van der Waals surface area contributed by atoms with Crippen LogP contribution in [0.25, 0.3) is 0 Å². The van der Waals surface area contributed by atoms with E-state index >= 15 is 0 Å². The number of benzene rings is 3. The van der Waals surface area contributed by atoms with E-state index in [0.717, 1.165) is 25.9 Å². The molecule has 3 rings (SSSR count). The van der Waals surface area contributed by atoms with Gasteiger partial charge in [0.25, 0.3) is 0 Å². The van der Waals surface area contributed by atoms with E-state index < -0.39 is 0 Å². The lowest BCUT2D eigenvalue weighted by molar-refractivity contribution is 0.799. The van der Waals surface area contributed by atoms with Crippen LogP contribution in [0.15, 0.2) is 97.6 Å². The van der Waals surface area contributed by atoms with Crippen LogP contribution in [-0.4, -0.2) is 0 Å². The molecule has 3 aromatic carbocycles. The van der Waals surface area contributed by atoms with Crippen molar-refractivity contribution in [1.82, 2.24) is 0 Å². The molecule has 0 unspecified atom stereocenters. The Kier molecular flexibility index (Phi) is 6.06. The lowest BCUT2D eigenvalue weighted by atomic mass is 10.1. The summed E-state index contributed by atoms with van der Waals surface area (Å²) >= 11 is 0. The molecule has 0 aliphatic rings. The van der Waals surface area contributed by atoms with Gasteiger partial charge in [-0.2, -0.15) is 0 Å². The Bertz CT molecular complexity index is 719. The second-order valence-corrected chi connectivity index (χ2v) is 6.32. The third-order valence-corrected chi connectivity index (χ3v) is 4.37. The minimum Gasteiger partial charge on any atom is -0.363 e. The summed E-state index contributed by atoms with van der Waals surface area (Å²) in [5, 5.41) is 0. The second-order valence-electron chi connectivity index (χ2n) is 6.32. The molecule has 1 nitrogen and oxygen atoms in total. The van der Waals surface area contributed by atoms with E-state index in [4.69, 9.17) is 0 Å². The van der Waals surface area contributed by atoms with Crippen LogP contribution >= 0.6 is 0 Å². The molecule has 0 aromatic heterocycles. The van der Waals surface area contributed by atoms with Crippen molar-refractivity contribution >= 4 is 5.69 Å². The van der Waals surface area contributed by atoms with Gasteiger partial charge in [-0.05, 0) is 41.7 Å². The van der Waals surface area contributed by atoms with Gasteiger partial charge in [0.1, 0.15) is 0 Å². The fraction of sp³-hybridized carbons (Fsp3) is 0.167. The van der Waals surface area contributed by atoms with Crippen LogP contribution < -0.4 is 4.90 Å². The topological polar surface area (TPSA) is 3.24 Å². The maximum Gasteiger partial charge on any atom is 0.0433 e. The maximum atomic E-state index is 3.81. The first-order valence-corrected chi connectivity index (χ1v) is 8.88. The van der Waals surface area contributed by atoms with Gasteiger partial charge in [-0.25, -0.2) is 0 Å². The van der Waals surface area contributed by atoms with Crippen LogP contribution in [0.1, 0.15) is 23.1 Å². The Morgan fingerprint density at radius 1 is 0.640 bits per heavy atom. The van der Waals surface area contributed by atoms with Crippen molar-refractivity contribution in [3.63, 3.8) is 0 Å². The van der Waals surface area contributed by atoms with Crippen molar-refractivity contribution < 1.29 is 0 Å². The third kappa shape index (κ3) is 5.09. The van der Waals surface area contributed by atoms with Gasteiger partial charge < -0.3 is 4.90 Å². The first-order chi connectivity index (χ1) is 12.3. The molecule has 0 heterocycles. The summed E-state index contributed by atoms with van der Waals surface area (Å²) in [7, 11) is 0. The average molecular weight is 327 g/mol. The normalized spacial score (nSPS) is 10.4. The van der Waals surface area contributed by atoms with Gasteiger partial charge in [-0.1, -0.05) is 78.9 Å². The standard InChI is InChI=1S/C24H25N/c1-2-3-10-21-15-17-24(18-16-21)25(19-22-11-6-4-7-12-22)20-23-13-8-5-9-14-23/h2,4-9,11-18H,1,3,10,19-20H2. The van der Waals surface area contributed by atoms with Crippen molar-refractivity contribution in [3.8, 4) is 0 Å². The summed E-state index contributed by atoms with van der Waals surface area (Å²) in [6.45, 7) is 5.62. The third-order valence-electron chi connectivity index (χ3n) is 4.37. The van der Waals surface area contributed by atoms with E-state index in [9.17, 15) is 0 Å². The van der Waals surface area contributed by atoms with Gasteiger partial charge in [0, 0.05) is 18.8 Å². The predicted octanol–water partition coefficient (Wildman–Crippen LogP) is 6.01. The first-order valence-electron chi connectivity index (χ1n) is 8.88. The zero-order valence-electron chi connectivity index (χ0n) is 14.6. The van der Waals surface area contributed by atoms with E-state index in [1.807, 2.05) is 6.08 Å². The number of hydrogen-bond acceptors (Lipinski definition) is 1. The number of rotatable bonds is 8. The molecule has 0 amide bonds. The van der Waals surface area contributed by atoms with Crippen LogP contribution in [-0.2, 0) is 19.5 Å². The van der Waals surface area contributed by atoms with Crippen LogP contribution in [0.2, 0.25) is 0 Å². The average Bonchev–Trinajstić information content (AvgIpc) is 2.68. The van der Waals surface area contributed by atoms with Crippen molar-refractivity contribution in [2.45, 2.75) is 25.9 Å². The zero-order valence-corrected chi connectivity index (χ0v) is 14.6. The lowest BCUT2D eigenvalue weighted by Gasteiger charge is -2.25. The van der Waals surface area contributed by atoms with Crippen LogP contribution in [0.4, 0.5) is 5.69 Å². The molecule has 0 bridgehead atoms. The van der Waals surface area contributed by atoms with E-state index in [-0.39, 0.29) is 0 Å². The molecule has 25 heavy (non-hydrogen) atoms. The van der Waals surface area contributed by atoms with E-state index in [1.54, 1.807) is 0 Å². The Balaban J connectivity index is 1.81. The number of nitrogens with zero attached hydrogens (tertiary/aromatic N) is 1. The summed E-state index contributed by atoms with van der Waals surface area (Å²) in [6, 6.07) is 30.3. The molecule has 0 N–H and O–H groups in total. The fourth-order valence-electron chi connectivity index (χ4n) is 2.99. The fourth-order valence-corrected chi connectivity index (χ4v) is 2.99. The minimum atomic E-state index is 0.905. The number of allylic oxidation sites excluding steroid dienone is 1. The van der Waals surface area contributed by atoms with Gasteiger partial charge in [-0.3, -0.25) is 0 Å².